The van der Waals surface area contributed by atoms with Gasteiger partial charge in [0.2, 0.25) is 11.7 Å². The van der Waals surface area contributed by atoms with E-state index in [0.29, 0.717) is 36.5 Å². The summed E-state index contributed by atoms with van der Waals surface area (Å²) in [5, 5.41) is 12.6. The van der Waals surface area contributed by atoms with Gasteiger partial charge in [0, 0.05) is 22.7 Å². The monoisotopic (exact) mass is 437 g/mol. The molecule has 3 heterocycles. The third-order valence-electron chi connectivity index (χ3n) is 5.32. The lowest BCUT2D eigenvalue weighted by Gasteiger charge is -2.19. The van der Waals surface area contributed by atoms with Gasteiger partial charge in [0.05, 0.1) is 5.52 Å². The van der Waals surface area contributed by atoms with Gasteiger partial charge >= 0.3 is 0 Å². The molecule has 0 atom stereocenters. The second kappa shape index (κ2) is 7.90. The summed E-state index contributed by atoms with van der Waals surface area (Å²) in [5.74, 6) is 3.07. The Morgan fingerprint density at radius 3 is 2.45 bits per heavy atom. The molecule has 33 heavy (non-hydrogen) atoms. The van der Waals surface area contributed by atoms with Crippen LogP contribution in [-0.2, 0) is 0 Å². The highest BCUT2D eigenvalue weighted by molar-refractivity contribution is 5.92. The molecular formula is C25H19N5O3. The first kappa shape index (κ1) is 19.2. The summed E-state index contributed by atoms with van der Waals surface area (Å²) < 4.78 is 17.2. The standard InChI is InChI=1S/C25H19N5O3/c1-15-6-8-16(9-7-15)24-29-30-25(33-24)23-27-19-5-3-2-4-18(19)22(28-23)26-17-10-11-20-21(14-17)32-13-12-31-20/h2-11,14H,12-13H2,1H3,(H,26,27,28). The van der Waals surface area contributed by atoms with E-state index in [4.69, 9.17) is 18.9 Å². The molecule has 0 fully saturated rings. The van der Waals surface area contributed by atoms with E-state index in [1.54, 1.807) is 0 Å². The van der Waals surface area contributed by atoms with Crippen LogP contribution in [0.1, 0.15) is 5.56 Å². The molecule has 8 heteroatoms. The van der Waals surface area contributed by atoms with Crippen LogP contribution in [0.5, 0.6) is 11.5 Å². The van der Waals surface area contributed by atoms with Gasteiger partial charge in [-0.1, -0.05) is 29.8 Å². The molecule has 0 spiro atoms. The normalized spacial score (nSPS) is 12.6. The molecule has 8 nitrogen and oxygen atoms in total. The lowest BCUT2D eigenvalue weighted by molar-refractivity contribution is 0.171. The van der Waals surface area contributed by atoms with Crippen molar-refractivity contribution >= 4 is 22.4 Å². The van der Waals surface area contributed by atoms with E-state index >= 15 is 0 Å². The van der Waals surface area contributed by atoms with Crippen molar-refractivity contribution in [2.24, 2.45) is 0 Å². The van der Waals surface area contributed by atoms with Crippen molar-refractivity contribution in [3.8, 4) is 34.7 Å². The second-order valence-corrected chi connectivity index (χ2v) is 7.67. The molecule has 2 aromatic heterocycles. The van der Waals surface area contributed by atoms with E-state index in [1.165, 1.54) is 0 Å². The zero-order valence-electron chi connectivity index (χ0n) is 17.8. The Bertz CT molecular complexity index is 1460. The van der Waals surface area contributed by atoms with Crippen LogP contribution in [0.15, 0.2) is 71.1 Å². The average Bonchev–Trinajstić information content (AvgIpc) is 3.35. The Balaban J connectivity index is 1.39. The fourth-order valence-electron chi connectivity index (χ4n) is 3.65. The highest BCUT2D eigenvalue weighted by Crippen LogP contribution is 2.35. The van der Waals surface area contributed by atoms with Crippen LogP contribution in [0.4, 0.5) is 11.5 Å². The lowest BCUT2D eigenvalue weighted by Crippen LogP contribution is -2.15. The van der Waals surface area contributed by atoms with Crippen molar-refractivity contribution in [3.05, 3.63) is 72.3 Å². The Labute approximate surface area is 189 Å². The molecule has 0 saturated carbocycles. The molecule has 1 N–H and O–H groups in total. The van der Waals surface area contributed by atoms with E-state index in [-0.39, 0.29) is 5.89 Å². The number of fused-ring (bicyclic) bond motifs is 2. The first-order valence-electron chi connectivity index (χ1n) is 10.6. The minimum Gasteiger partial charge on any atom is -0.486 e. The zero-order valence-corrected chi connectivity index (χ0v) is 17.8. The predicted octanol–water partition coefficient (Wildman–Crippen LogP) is 5.17. The van der Waals surface area contributed by atoms with E-state index in [2.05, 4.69) is 20.5 Å². The van der Waals surface area contributed by atoms with Gasteiger partial charge in [-0.3, -0.25) is 0 Å². The summed E-state index contributed by atoms with van der Waals surface area (Å²) in [7, 11) is 0. The van der Waals surface area contributed by atoms with Crippen LogP contribution in [-0.4, -0.2) is 33.4 Å². The highest BCUT2D eigenvalue weighted by Gasteiger charge is 2.17. The van der Waals surface area contributed by atoms with Gasteiger partial charge in [0.15, 0.2) is 11.5 Å². The van der Waals surface area contributed by atoms with Gasteiger partial charge in [0.25, 0.3) is 5.89 Å². The number of hydrogen-bond acceptors (Lipinski definition) is 8. The van der Waals surface area contributed by atoms with Crippen molar-refractivity contribution in [2.45, 2.75) is 6.92 Å². The third kappa shape index (κ3) is 3.71. The maximum atomic E-state index is 5.91. The number of ether oxygens (including phenoxy) is 2. The number of benzene rings is 3. The molecule has 0 bridgehead atoms. The number of nitrogens with zero attached hydrogens (tertiary/aromatic N) is 4. The van der Waals surface area contributed by atoms with Crippen LogP contribution in [0.2, 0.25) is 0 Å². The summed E-state index contributed by atoms with van der Waals surface area (Å²) in [5.41, 5.74) is 3.58. The number of aromatic nitrogens is 4. The topological polar surface area (TPSA) is 95.2 Å². The number of rotatable bonds is 4. The van der Waals surface area contributed by atoms with Gasteiger partial charge in [-0.15, -0.1) is 10.2 Å². The van der Waals surface area contributed by atoms with Gasteiger partial charge in [-0.2, -0.15) is 0 Å². The number of anilines is 2. The quantitative estimate of drug-likeness (QED) is 0.411. The SMILES string of the molecule is Cc1ccc(-c2nnc(-c3nc(Nc4ccc5c(c4)OCCO5)c4ccccc4n3)o2)cc1. The van der Waals surface area contributed by atoms with Crippen LogP contribution >= 0.6 is 0 Å². The smallest absolute Gasteiger partial charge is 0.286 e. The van der Waals surface area contributed by atoms with Crippen molar-refractivity contribution in [2.75, 3.05) is 18.5 Å². The van der Waals surface area contributed by atoms with Crippen molar-refractivity contribution < 1.29 is 13.9 Å². The molecule has 6 rings (SSSR count). The maximum absolute atomic E-state index is 5.91. The largest absolute Gasteiger partial charge is 0.486 e. The minimum absolute atomic E-state index is 0.251. The molecule has 0 saturated heterocycles. The molecule has 1 aliphatic heterocycles. The number of nitrogens with one attached hydrogen (secondary N) is 1. The van der Waals surface area contributed by atoms with Gasteiger partial charge in [-0.05, 0) is 43.3 Å². The molecular weight excluding hydrogens is 418 g/mol. The van der Waals surface area contributed by atoms with Gasteiger partial charge in [0.1, 0.15) is 19.0 Å². The number of para-hydroxylation sites is 1. The Kier molecular flexibility index (Phi) is 4.61. The van der Waals surface area contributed by atoms with Gasteiger partial charge in [-0.25, -0.2) is 9.97 Å². The summed E-state index contributed by atoms with van der Waals surface area (Å²) in [4.78, 5) is 9.36. The summed E-state index contributed by atoms with van der Waals surface area (Å²) in [6, 6.07) is 21.4. The fourth-order valence-corrected chi connectivity index (χ4v) is 3.65. The number of aryl methyl sites for hydroxylation is 1. The number of hydrogen-bond donors (Lipinski definition) is 1. The van der Waals surface area contributed by atoms with Crippen LogP contribution in [0, 0.1) is 6.92 Å². The Morgan fingerprint density at radius 2 is 1.58 bits per heavy atom. The summed E-state index contributed by atoms with van der Waals surface area (Å²) >= 11 is 0. The van der Waals surface area contributed by atoms with E-state index < -0.39 is 0 Å². The first-order valence-corrected chi connectivity index (χ1v) is 10.6. The average molecular weight is 437 g/mol. The second-order valence-electron chi connectivity index (χ2n) is 7.67. The third-order valence-corrected chi connectivity index (χ3v) is 5.32. The molecule has 0 unspecified atom stereocenters. The molecule has 162 valence electrons. The molecule has 0 radical (unpaired) electrons. The zero-order chi connectivity index (χ0) is 22.2. The van der Waals surface area contributed by atoms with E-state index in [9.17, 15) is 0 Å². The van der Waals surface area contributed by atoms with Crippen molar-refractivity contribution in [1.82, 2.24) is 20.2 Å². The van der Waals surface area contributed by atoms with Crippen molar-refractivity contribution in [1.29, 1.82) is 0 Å². The van der Waals surface area contributed by atoms with Crippen LogP contribution < -0.4 is 14.8 Å². The molecule has 0 amide bonds. The van der Waals surface area contributed by atoms with Crippen LogP contribution in [0.3, 0.4) is 0 Å². The fraction of sp³-hybridized carbons (Fsp3) is 0.120. The Hall–Kier alpha value is -4.46. The molecule has 3 aromatic carbocycles. The van der Waals surface area contributed by atoms with Crippen molar-refractivity contribution in [3.63, 3.8) is 0 Å². The minimum atomic E-state index is 0.251. The summed E-state index contributed by atoms with van der Waals surface area (Å²) in [6.45, 7) is 3.11. The molecule has 1 aliphatic rings. The van der Waals surface area contributed by atoms with E-state index in [0.717, 1.165) is 33.5 Å². The molecule has 5 aromatic rings. The Morgan fingerprint density at radius 1 is 0.788 bits per heavy atom. The maximum Gasteiger partial charge on any atom is 0.286 e. The van der Waals surface area contributed by atoms with E-state index in [1.807, 2.05) is 73.7 Å². The van der Waals surface area contributed by atoms with Gasteiger partial charge < -0.3 is 19.2 Å². The summed E-state index contributed by atoms with van der Waals surface area (Å²) in [6.07, 6.45) is 0. The molecule has 0 aliphatic carbocycles. The first-order chi connectivity index (χ1) is 16.2. The van der Waals surface area contributed by atoms with Crippen LogP contribution in [0.25, 0.3) is 34.1 Å². The lowest BCUT2D eigenvalue weighted by atomic mass is 10.1. The highest BCUT2D eigenvalue weighted by atomic mass is 16.6. The predicted molar refractivity (Wildman–Crippen MR) is 124 cm³/mol.